The van der Waals surface area contributed by atoms with Crippen molar-refractivity contribution in [3.63, 3.8) is 0 Å². The first-order valence-corrected chi connectivity index (χ1v) is 7.73. The van der Waals surface area contributed by atoms with Gasteiger partial charge >= 0.3 is 0 Å². The van der Waals surface area contributed by atoms with Gasteiger partial charge in [-0.15, -0.1) is 11.6 Å². The maximum absolute atomic E-state index is 12.4. The number of halogens is 1. The fourth-order valence-corrected chi connectivity index (χ4v) is 3.84. The van der Waals surface area contributed by atoms with Crippen molar-refractivity contribution in [1.29, 1.82) is 0 Å². The summed E-state index contributed by atoms with van der Waals surface area (Å²) in [4.78, 5) is 0.351. The van der Waals surface area contributed by atoms with Crippen LogP contribution in [0.3, 0.4) is 0 Å². The van der Waals surface area contributed by atoms with Gasteiger partial charge in [0.15, 0.2) is 0 Å². The van der Waals surface area contributed by atoms with E-state index in [4.69, 9.17) is 11.6 Å². The summed E-state index contributed by atoms with van der Waals surface area (Å²) in [6.07, 6.45) is 1.95. The molecule has 0 spiro atoms. The molecule has 1 aromatic carbocycles. The predicted molar refractivity (Wildman–Crippen MR) is 68.6 cm³/mol. The highest BCUT2D eigenvalue weighted by atomic mass is 35.5. The molecule has 3 nitrogen and oxygen atoms in total. The molecule has 1 aliphatic rings. The van der Waals surface area contributed by atoms with Crippen molar-refractivity contribution in [2.24, 2.45) is 0 Å². The topological polar surface area (TPSA) is 37.4 Å². The SMILES string of the molecule is CCN(C1CC1)S(=O)(=O)c1cccc(CCl)c1. The van der Waals surface area contributed by atoms with Crippen LogP contribution in [0.15, 0.2) is 29.2 Å². The summed E-state index contributed by atoms with van der Waals surface area (Å²) in [5.74, 6) is 0.332. The van der Waals surface area contributed by atoms with Crippen molar-refractivity contribution in [2.75, 3.05) is 6.54 Å². The summed E-state index contributed by atoms with van der Waals surface area (Å²) >= 11 is 5.73. The van der Waals surface area contributed by atoms with Gasteiger partial charge in [-0.3, -0.25) is 0 Å². The average Bonchev–Trinajstić information content (AvgIpc) is 3.14. The third-order valence-corrected chi connectivity index (χ3v) is 5.26. The standard InChI is InChI=1S/C12H16ClNO2S/c1-2-14(11-6-7-11)17(15,16)12-5-3-4-10(8-12)9-13/h3-5,8,11H,2,6-7,9H2,1H3. The number of sulfonamides is 1. The predicted octanol–water partition coefficient (Wildman–Crippen LogP) is 2.60. The molecule has 0 N–H and O–H groups in total. The molecule has 1 saturated carbocycles. The number of hydrogen-bond donors (Lipinski definition) is 0. The number of rotatable bonds is 5. The Labute approximate surface area is 107 Å². The van der Waals surface area contributed by atoms with E-state index < -0.39 is 10.0 Å². The van der Waals surface area contributed by atoms with Gasteiger partial charge in [-0.2, -0.15) is 4.31 Å². The molecular weight excluding hydrogens is 258 g/mol. The lowest BCUT2D eigenvalue weighted by Crippen LogP contribution is -2.32. The van der Waals surface area contributed by atoms with Crippen molar-refractivity contribution < 1.29 is 8.42 Å². The van der Waals surface area contributed by atoms with E-state index in [2.05, 4.69) is 0 Å². The maximum Gasteiger partial charge on any atom is 0.243 e. The Morgan fingerprint density at radius 3 is 2.65 bits per heavy atom. The molecule has 2 rings (SSSR count). The zero-order valence-electron chi connectivity index (χ0n) is 9.77. The smallest absolute Gasteiger partial charge is 0.207 e. The van der Waals surface area contributed by atoms with E-state index in [1.165, 1.54) is 0 Å². The van der Waals surface area contributed by atoms with Crippen LogP contribution in [0.5, 0.6) is 0 Å². The molecule has 5 heteroatoms. The summed E-state index contributed by atoms with van der Waals surface area (Å²) in [5.41, 5.74) is 0.833. The van der Waals surface area contributed by atoms with Crippen LogP contribution in [0, 0.1) is 0 Å². The number of alkyl halides is 1. The van der Waals surface area contributed by atoms with Crippen LogP contribution in [0.1, 0.15) is 25.3 Å². The molecule has 1 aromatic rings. The Hall–Kier alpha value is -0.580. The van der Waals surface area contributed by atoms with Gasteiger partial charge in [0, 0.05) is 18.5 Å². The third kappa shape index (κ3) is 2.64. The Kier molecular flexibility index (Phi) is 3.76. The Morgan fingerprint density at radius 1 is 1.41 bits per heavy atom. The first-order chi connectivity index (χ1) is 8.09. The lowest BCUT2D eigenvalue weighted by molar-refractivity contribution is 0.421. The zero-order valence-corrected chi connectivity index (χ0v) is 11.3. The minimum Gasteiger partial charge on any atom is -0.207 e. The summed E-state index contributed by atoms with van der Waals surface area (Å²) in [5, 5.41) is 0. The minimum atomic E-state index is -3.35. The van der Waals surface area contributed by atoms with E-state index in [1.807, 2.05) is 13.0 Å². The van der Waals surface area contributed by atoms with Gasteiger partial charge in [-0.1, -0.05) is 19.1 Å². The summed E-state index contributed by atoms with van der Waals surface area (Å²) in [6.45, 7) is 2.40. The summed E-state index contributed by atoms with van der Waals surface area (Å²) < 4.78 is 26.4. The van der Waals surface area contributed by atoms with E-state index in [0.29, 0.717) is 17.3 Å². The molecule has 0 atom stereocenters. The molecule has 0 radical (unpaired) electrons. The van der Waals surface area contributed by atoms with Gasteiger partial charge in [0.25, 0.3) is 0 Å². The average molecular weight is 274 g/mol. The van der Waals surface area contributed by atoms with Gasteiger partial charge < -0.3 is 0 Å². The highest BCUT2D eigenvalue weighted by molar-refractivity contribution is 7.89. The highest BCUT2D eigenvalue weighted by Gasteiger charge is 2.36. The van der Waals surface area contributed by atoms with E-state index in [9.17, 15) is 8.42 Å². The number of nitrogens with zero attached hydrogens (tertiary/aromatic N) is 1. The molecule has 0 aromatic heterocycles. The van der Waals surface area contributed by atoms with Crippen molar-refractivity contribution in [1.82, 2.24) is 4.31 Å². The van der Waals surface area contributed by atoms with Crippen LogP contribution < -0.4 is 0 Å². The second-order valence-electron chi connectivity index (χ2n) is 4.22. The van der Waals surface area contributed by atoms with E-state index >= 15 is 0 Å². The van der Waals surface area contributed by atoms with Crippen LogP contribution in [0.4, 0.5) is 0 Å². The number of hydrogen-bond acceptors (Lipinski definition) is 2. The Morgan fingerprint density at radius 2 is 2.12 bits per heavy atom. The largest absolute Gasteiger partial charge is 0.243 e. The molecule has 0 bridgehead atoms. The molecule has 0 unspecified atom stereocenters. The molecule has 17 heavy (non-hydrogen) atoms. The normalized spacial score (nSPS) is 16.4. The molecule has 0 aliphatic heterocycles. The minimum absolute atomic E-state index is 0.199. The maximum atomic E-state index is 12.4. The first-order valence-electron chi connectivity index (χ1n) is 5.76. The van der Waals surface area contributed by atoms with Crippen LogP contribution >= 0.6 is 11.6 Å². The second kappa shape index (κ2) is 4.96. The van der Waals surface area contributed by atoms with E-state index in [0.717, 1.165) is 18.4 Å². The monoisotopic (exact) mass is 273 g/mol. The zero-order chi connectivity index (χ0) is 12.5. The summed E-state index contributed by atoms with van der Waals surface area (Å²) in [6, 6.07) is 7.07. The van der Waals surface area contributed by atoms with Gasteiger partial charge in [0.05, 0.1) is 4.90 Å². The molecule has 0 heterocycles. The van der Waals surface area contributed by atoms with Gasteiger partial charge in [-0.25, -0.2) is 8.42 Å². The van der Waals surface area contributed by atoms with E-state index in [1.54, 1.807) is 22.5 Å². The number of benzene rings is 1. The molecule has 0 saturated heterocycles. The van der Waals surface area contributed by atoms with Gasteiger partial charge in [-0.05, 0) is 30.5 Å². The lowest BCUT2D eigenvalue weighted by atomic mass is 10.2. The highest BCUT2D eigenvalue weighted by Crippen LogP contribution is 2.31. The van der Waals surface area contributed by atoms with Crippen molar-refractivity contribution in [3.8, 4) is 0 Å². The quantitative estimate of drug-likeness (QED) is 0.774. The van der Waals surface area contributed by atoms with Crippen LogP contribution in [-0.4, -0.2) is 25.3 Å². The fraction of sp³-hybridized carbons (Fsp3) is 0.500. The summed E-state index contributed by atoms with van der Waals surface area (Å²) in [7, 11) is -3.35. The van der Waals surface area contributed by atoms with E-state index in [-0.39, 0.29) is 6.04 Å². The molecular formula is C12H16ClNO2S. The molecule has 94 valence electrons. The van der Waals surface area contributed by atoms with Crippen LogP contribution in [0.25, 0.3) is 0 Å². The fourth-order valence-electron chi connectivity index (χ4n) is 1.91. The van der Waals surface area contributed by atoms with Crippen LogP contribution in [-0.2, 0) is 15.9 Å². The molecule has 1 fully saturated rings. The van der Waals surface area contributed by atoms with Gasteiger partial charge in [0.1, 0.15) is 0 Å². The lowest BCUT2D eigenvalue weighted by Gasteiger charge is -2.20. The third-order valence-electron chi connectivity index (χ3n) is 2.93. The first kappa shape index (κ1) is 12.9. The Bertz CT molecular complexity index is 497. The molecule has 1 aliphatic carbocycles. The van der Waals surface area contributed by atoms with Crippen molar-refractivity contribution in [3.05, 3.63) is 29.8 Å². The van der Waals surface area contributed by atoms with Gasteiger partial charge in [0.2, 0.25) is 10.0 Å². The Balaban J connectivity index is 2.35. The second-order valence-corrected chi connectivity index (χ2v) is 6.38. The van der Waals surface area contributed by atoms with Crippen LogP contribution in [0.2, 0.25) is 0 Å². The van der Waals surface area contributed by atoms with Crippen molar-refractivity contribution in [2.45, 2.75) is 36.6 Å². The molecule has 0 amide bonds. The van der Waals surface area contributed by atoms with Crippen molar-refractivity contribution >= 4 is 21.6 Å².